The molecule has 1 fully saturated rings. The Morgan fingerprint density at radius 1 is 0.793 bits per heavy atom. The van der Waals surface area contributed by atoms with Crippen LogP contribution < -0.4 is 4.90 Å². The van der Waals surface area contributed by atoms with Crippen LogP contribution in [0.15, 0.2) is 73.1 Å². The van der Waals surface area contributed by atoms with Crippen LogP contribution in [0, 0.1) is 5.41 Å². The van der Waals surface area contributed by atoms with Gasteiger partial charge in [-0.15, -0.1) is 0 Å². The summed E-state index contributed by atoms with van der Waals surface area (Å²) in [4.78, 5) is 33.0. The Kier molecular flexibility index (Phi) is 4.72. The highest BCUT2D eigenvalue weighted by Crippen LogP contribution is 2.55. The number of pyridine rings is 1. The topological polar surface area (TPSA) is 50.3 Å². The zero-order chi connectivity index (χ0) is 20.8. The van der Waals surface area contributed by atoms with Crippen LogP contribution >= 0.6 is 23.2 Å². The van der Waals surface area contributed by atoms with E-state index in [0.717, 1.165) is 5.56 Å². The van der Waals surface area contributed by atoms with Gasteiger partial charge in [0, 0.05) is 22.4 Å². The van der Waals surface area contributed by atoms with E-state index in [1.165, 1.54) is 4.90 Å². The molecule has 0 aliphatic carbocycles. The van der Waals surface area contributed by atoms with E-state index < -0.39 is 10.8 Å². The minimum absolute atomic E-state index is 0.318. The largest absolute Gasteiger partial charge is 0.273 e. The maximum atomic E-state index is 14.1. The highest BCUT2D eigenvalue weighted by Gasteiger charge is 2.66. The van der Waals surface area contributed by atoms with Gasteiger partial charge in [0.05, 0.1) is 11.1 Å². The van der Waals surface area contributed by atoms with E-state index in [1.807, 2.05) is 30.3 Å². The first-order valence-electron chi connectivity index (χ1n) is 9.11. The number of rotatable bonds is 3. The molecule has 1 aromatic heterocycles. The molecule has 0 bridgehead atoms. The third-order valence-electron chi connectivity index (χ3n) is 5.62. The lowest BCUT2D eigenvalue weighted by Crippen LogP contribution is -2.46. The molecule has 1 atom stereocenters. The SMILES string of the molecule is CC1(C)C(=O)N(c2cc(Cl)cc(Cl)c2)C(=O)[C@@]1(c1ccccc1)c1ccncc1. The van der Waals surface area contributed by atoms with Crippen LogP contribution in [0.5, 0.6) is 0 Å². The molecule has 0 spiro atoms. The molecule has 0 saturated carbocycles. The van der Waals surface area contributed by atoms with Gasteiger partial charge in [0.2, 0.25) is 11.8 Å². The van der Waals surface area contributed by atoms with Gasteiger partial charge in [0.25, 0.3) is 0 Å². The molecule has 146 valence electrons. The van der Waals surface area contributed by atoms with Crippen molar-refractivity contribution < 1.29 is 9.59 Å². The molecule has 3 aromatic rings. The minimum atomic E-state index is -1.22. The summed E-state index contributed by atoms with van der Waals surface area (Å²) in [5, 5.41) is 0.707. The predicted molar refractivity (Wildman–Crippen MR) is 114 cm³/mol. The molecule has 0 radical (unpaired) electrons. The number of amides is 2. The molecule has 0 N–H and O–H groups in total. The van der Waals surface area contributed by atoms with E-state index in [0.29, 0.717) is 21.3 Å². The molecule has 4 rings (SSSR count). The number of hydrogen-bond donors (Lipinski definition) is 0. The number of nitrogens with zero attached hydrogens (tertiary/aromatic N) is 2. The van der Waals surface area contributed by atoms with Gasteiger partial charge in [0.15, 0.2) is 0 Å². The lowest BCUT2D eigenvalue weighted by molar-refractivity contribution is -0.125. The summed E-state index contributed by atoms with van der Waals surface area (Å²) in [6.07, 6.45) is 3.26. The molecule has 1 aliphatic heterocycles. The molecule has 4 nitrogen and oxygen atoms in total. The first-order chi connectivity index (χ1) is 13.8. The quantitative estimate of drug-likeness (QED) is 0.537. The van der Waals surface area contributed by atoms with Gasteiger partial charge in [-0.1, -0.05) is 53.5 Å². The average Bonchev–Trinajstić information content (AvgIpc) is 2.85. The molecule has 6 heteroatoms. The second-order valence-corrected chi connectivity index (χ2v) is 8.42. The standard InChI is InChI=1S/C23H18Cl2N2O2/c1-22(2)20(28)27(19-13-17(24)12-18(25)14-19)21(29)23(22,15-6-4-3-5-7-15)16-8-10-26-11-9-16/h3-14H,1-2H3/t23-/m1/s1. The van der Waals surface area contributed by atoms with E-state index in [9.17, 15) is 9.59 Å². The maximum Gasteiger partial charge on any atom is 0.249 e. The summed E-state index contributed by atoms with van der Waals surface area (Å²) in [5.41, 5.74) is -0.481. The van der Waals surface area contributed by atoms with E-state index in [1.54, 1.807) is 56.6 Å². The highest BCUT2D eigenvalue weighted by atomic mass is 35.5. The van der Waals surface area contributed by atoms with Crippen LogP contribution in [0.3, 0.4) is 0 Å². The average molecular weight is 425 g/mol. The Balaban J connectivity index is 2.03. The summed E-state index contributed by atoms with van der Waals surface area (Å²) < 4.78 is 0. The molecular formula is C23H18Cl2N2O2. The molecule has 1 saturated heterocycles. The van der Waals surface area contributed by atoms with Crippen molar-refractivity contribution in [1.82, 2.24) is 4.98 Å². The fourth-order valence-corrected chi connectivity index (χ4v) is 4.81. The Morgan fingerprint density at radius 2 is 1.34 bits per heavy atom. The number of carbonyl (C=O) groups excluding carboxylic acids is 2. The van der Waals surface area contributed by atoms with Crippen molar-refractivity contribution in [2.45, 2.75) is 19.3 Å². The van der Waals surface area contributed by atoms with Crippen LogP contribution in [-0.2, 0) is 15.0 Å². The van der Waals surface area contributed by atoms with Crippen LogP contribution in [0.2, 0.25) is 10.0 Å². The fourth-order valence-electron chi connectivity index (χ4n) is 4.30. The number of imide groups is 1. The number of anilines is 1. The zero-order valence-corrected chi connectivity index (χ0v) is 17.4. The zero-order valence-electron chi connectivity index (χ0n) is 15.9. The second kappa shape index (κ2) is 6.97. The Labute approximate surface area is 179 Å². The van der Waals surface area contributed by atoms with E-state index in [-0.39, 0.29) is 11.8 Å². The number of aromatic nitrogens is 1. The van der Waals surface area contributed by atoms with Crippen LogP contribution in [0.1, 0.15) is 25.0 Å². The van der Waals surface area contributed by atoms with Crippen molar-refractivity contribution in [2.75, 3.05) is 4.90 Å². The predicted octanol–water partition coefficient (Wildman–Crippen LogP) is 5.27. The van der Waals surface area contributed by atoms with E-state index in [4.69, 9.17) is 23.2 Å². The smallest absolute Gasteiger partial charge is 0.249 e. The minimum Gasteiger partial charge on any atom is -0.273 e. The van der Waals surface area contributed by atoms with Gasteiger partial charge >= 0.3 is 0 Å². The van der Waals surface area contributed by atoms with Crippen molar-refractivity contribution in [3.8, 4) is 0 Å². The molecule has 2 aromatic carbocycles. The van der Waals surface area contributed by atoms with Crippen molar-refractivity contribution in [3.05, 3.63) is 94.2 Å². The molecule has 0 unspecified atom stereocenters. The first-order valence-corrected chi connectivity index (χ1v) is 9.87. The van der Waals surface area contributed by atoms with Crippen LogP contribution in [-0.4, -0.2) is 16.8 Å². The lowest BCUT2D eigenvalue weighted by Gasteiger charge is -2.37. The summed E-state index contributed by atoms with van der Waals surface area (Å²) in [6.45, 7) is 3.60. The van der Waals surface area contributed by atoms with Gasteiger partial charge in [-0.05, 0) is 55.3 Å². The molecule has 2 heterocycles. The van der Waals surface area contributed by atoms with Gasteiger partial charge in [-0.25, -0.2) is 4.90 Å². The van der Waals surface area contributed by atoms with Crippen molar-refractivity contribution in [1.29, 1.82) is 0 Å². The summed E-state index contributed by atoms with van der Waals surface area (Å²) in [7, 11) is 0. The Morgan fingerprint density at radius 3 is 1.93 bits per heavy atom. The van der Waals surface area contributed by atoms with E-state index >= 15 is 0 Å². The van der Waals surface area contributed by atoms with Gasteiger partial charge in [-0.3, -0.25) is 14.6 Å². The van der Waals surface area contributed by atoms with E-state index in [2.05, 4.69) is 4.98 Å². The summed E-state index contributed by atoms with van der Waals surface area (Å²) in [6, 6.07) is 17.7. The van der Waals surface area contributed by atoms with Crippen molar-refractivity contribution >= 4 is 40.7 Å². The number of halogens is 2. The van der Waals surface area contributed by atoms with Crippen molar-refractivity contribution in [3.63, 3.8) is 0 Å². The summed E-state index contributed by atoms with van der Waals surface area (Å²) in [5.74, 6) is -0.662. The number of hydrogen-bond acceptors (Lipinski definition) is 3. The van der Waals surface area contributed by atoms with Crippen LogP contribution in [0.4, 0.5) is 5.69 Å². The molecule has 29 heavy (non-hydrogen) atoms. The normalized spacial score (nSPS) is 20.9. The lowest BCUT2D eigenvalue weighted by atomic mass is 9.60. The highest BCUT2D eigenvalue weighted by molar-refractivity contribution is 6.36. The first kappa shape index (κ1) is 19.6. The third-order valence-corrected chi connectivity index (χ3v) is 6.06. The number of carbonyl (C=O) groups is 2. The fraction of sp³-hybridized carbons (Fsp3) is 0.174. The second-order valence-electron chi connectivity index (χ2n) is 7.55. The van der Waals surface area contributed by atoms with Crippen molar-refractivity contribution in [2.24, 2.45) is 5.41 Å². The number of benzene rings is 2. The third kappa shape index (κ3) is 2.78. The van der Waals surface area contributed by atoms with Gasteiger partial charge < -0.3 is 0 Å². The molecular weight excluding hydrogens is 407 g/mol. The summed E-state index contributed by atoms with van der Waals surface area (Å²) >= 11 is 12.3. The van der Waals surface area contributed by atoms with Crippen LogP contribution in [0.25, 0.3) is 0 Å². The Bertz CT molecular complexity index is 1040. The Hall–Kier alpha value is -2.69. The molecule has 1 aliphatic rings. The van der Waals surface area contributed by atoms with Gasteiger partial charge in [0.1, 0.15) is 5.41 Å². The maximum absolute atomic E-state index is 14.1. The van der Waals surface area contributed by atoms with Gasteiger partial charge in [-0.2, -0.15) is 0 Å². The molecule has 2 amide bonds. The monoisotopic (exact) mass is 424 g/mol.